The van der Waals surface area contributed by atoms with Crippen molar-refractivity contribution < 1.29 is 58.3 Å². The maximum Gasteiger partial charge on any atom is 0.472 e. The van der Waals surface area contributed by atoms with Crippen LogP contribution in [0.5, 0.6) is 0 Å². The Labute approximate surface area is 391 Å². The summed E-state index contributed by atoms with van der Waals surface area (Å²) in [5.41, 5.74) is 0. The summed E-state index contributed by atoms with van der Waals surface area (Å²) in [4.78, 5) is 23.2. The minimum Gasteiger partial charge on any atom is -0.457 e. The molecule has 12 nitrogen and oxygen atoms in total. The van der Waals surface area contributed by atoms with Crippen LogP contribution in [0.15, 0.2) is 109 Å². The lowest BCUT2D eigenvalue weighted by Gasteiger charge is -2.41. The molecule has 65 heavy (non-hydrogen) atoms. The maximum absolute atomic E-state index is 12.8. The van der Waals surface area contributed by atoms with Crippen molar-refractivity contribution in [2.45, 2.75) is 191 Å². The molecule has 1 saturated carbocycles. The van der Waals surface area contributed by atoms with Gasteiger partial charge < -0.3 is 39.9 Å². The lowest BCUT2D eigenvalue weighted by Crippen LogP contribution is -2.64. The molecular weight excluding hydrogens is 848 g/mol. The van der Waals surface area contributed by atoms with Crippen molar-refractivity contribution in [3.05, 3.63) is 109 Å². The Morgan fingerprint density at radius 2 is 0.908 bits per heavy atom. The summed E-state index contributed by atoms with van der Waals surface area (Å²) in [5.74, 6) is -0.513. The smallest absolute Gasteiger partial charge is 0.457 e. The van der Waals surface area contributed by atoms with Gasteiger partial charge in [-0.05, 0) is 96.3 Å². The molecule has 0 spiro atoms. The molecule has 370 valence electrons. The zero-order valence-corrected chi connectivity index (χ0v) is 40.4. The summed E-state index contributed by atoms with van der Waals surface area (Å²) in [5, 5.41) is 50.2. The second kappa shape index (κ2) is 41.2. The van der Waals surface area contributed by atoms with Crippen LogP contribution in [0.25, 0.3) is 0 Å². The van der Waals surface area contributed by atoms with Gasteiger partial charge in [-0.15, -0.1) is 0 Å². The third-order valence-corrected chi connectivity index (χ3v) is 11.4. The number of unbranched alkanes of at least 4 members (excludes halogenated alkanes) is 9. The Kier molecular flexibility index (Phi) is 38.0. The minimum atomic E-state index is -5.04. The third-order valence-electron chi connectivity index (χ3n) is 10.4. The number of hydrogen-bond donors (Lipinski definition) is 6. The normalized spacial score (nSPS) is 22.5. The van der Waals surface area contributed by atoms with Crippen molar-refractivity contribution >= 4 is 13.8 Å². The molecular formula is C52H85O12P. The van der Waals surface area contributed by atoms with Gasteiger partial charge in [0.2, 0.25) is 0 Å². The first kappa shape index (κ1) is 60.0. The van der Waals surface area contributed by atoms with Crippen LogP contribution in [-0.4, -0.2) is 98.9 Å². The zero-order chi connectivity index (χ0) is 47.6. The van der Waals surface area contributed by atoms with E-state index in [0.29, 0.717) is 13.0 Å². The van der Waals surface area contributed by atoms with Gasteiger partial charge in [0.1, 0.15) is 42.7 Å². The van der Waals surface area contributed by atoms with Crippen LogP contribution < -0.4 is 0 Å². The lowest BCUT2D eigenvalue weighted by atomic mass is 9.85. The summed E-state index contributed by atoms with van der Waals surface area (Å²) in [6, 6.07) is 0. The van der Waals surface area contributed by atoms with E-state index in [9.17, 15) is 39.8 Å². The van der Waals surface area contributed by atoms with Gasteiger partial charge in [0.05, 0.1) is 13.2 Å². The topological polar surface area (TPSA) is 192 Å². The van der Waals surface area contributed by atoms with Crippen molar-refractivity contribution in [3.63, 3.8) is 0 Å². The first-order valence-corrected chi connectivity index (χ1v) is 25.7. The highest BCUT2D eigenvalue weighted by Gasteiger charge is 2.51. The van der Waals surface area contributed by atoms with Gasteiger partial charge in [-0.25, -0.2) is 4.57 Å². The zero-order valence-electron chi connectivity index (χ0n) is 39.5. The Bertz CT molecular complexity index is 1480. The maximum atomic E-state index is 12.8. The van der Waals surface area contributed by atoms with Crippen molar-refractivity contribution in [1.82, 2.24) is 0 Å². The fourth-order valence-corrected chi connectivity index (χ4v) is 7.50. The van der Waals surface area contributed by atoms with Gasteiger partial charge in [-0.2, -0.15) is 0 Å². The average molecular weight is 933 g/mol. The molecule has 1 aliphatic carbocycles. The highest BCUT2D eigenvalue weighted by atomic mass is 31.2. The summed E-state index contributed by atoms with van der Waals surface area (Å²) < 4.78 is 34.1. The summed E-state index contributed by atoms with van der Waals surface area (Å²) in [6.45, 7) is 3.96. The van der Waals surface area contributed by atoms with E-state index in [-0.39, 0.29) is 13.0 Å². The molecule has 0 amide bonds. The Morgan fingerprint density at radius 3 is 1.38 bits per heavy atom. The fraction of sp³-hybridized carbons (Fsp3) is 0.635. The average Bonchev–Trinajstić information content (AvgIpc) is 3.29. The molecule has 0 aromatic heterocycles. The van der Waals surface area contributed by atoms with E-state index in [1.165, 1.54) is 12.8 Å². The number of phosphoric acid groups is 1. The van der Waals surface area contributed by atoms with E-state index in [2.05, 4.69) is 123 Å². The number of ether oxygens (including phenoxy) is 2. The minimum absolute atomic E-state index is 0.120. The SMILES string of the molecule is CC/C=C\C/C=C\C/C=C\C/C=C\C/C=C\C/C=C\C/C=C\CCCCOCC(COP(=O)(O)OC1C(O)C(O)C(O)C(O)C1O)OC(=O)CCCCCCC/C=C\C/C=C\CCCC. The second-order valence-corrected chi connectivity index (χ2v) is 17.6. The molecule has 6 atom stereocenters. The number of esters is 1. The van der Waals surface area contributed by atoms with E-state index < -0.39 is 63.1 Å². The van der Waals surface area contributed by atoms with E-state index in [4.69, 9.17) is 18.5 Å². The molecule has 6 unspecified atom stereocenters. The molecule has 0 bridgehead atoms. The molecule has 1 fully saturated rings. The Morgan fingerprint density at radius 1 is 0.508 bits per heavy atom. The highest BCUT2D eigenvalue weighted by molar-refractivity contribution is 7.47. The molecule has 1 aliphatic rings. The number of hydrogen-bond acceptors (Lipinski definition) is 11. The Balaban J connectivity index is 2.42. The van der Waals surface area contributed by atoms with Crippen LogP contribution in [0.1, 0.15) is 149 Å². The van der Waals surface area contributed by atoms with E-state index >= 15 is 0 Å². The van der Waals surface area contributed by atoms with Crippen LogP contribution in [0.4, 0.5) is 0 Å². The van der Waals surface area contributed by atoms with E-state index in [1.54, 1.807) is 0 Å². The summed E-state index contributed by atoms with van der Waals surface area (Å²) >= 11 is 0. The molecule has 0 heterocycles. The number of carbonyl (C=O) groups excluding carboxylic acids is 1. The number of aliphatic hydroxyl groups excluding tert-OH is 5. The number of aliphatic hydroxyl groups is 5. The van der Waals surface area contributed by atoms with Crippen LogP contribution in [-0.2, 0) is 27.9 Å². The predicted molar refractivity (Wildman–Crippen MR) is 262 cm³/mol. The number of carbonyl (C=O) groups is 1. The van der Waals surface area contributed by atoms with Crippen LogP contribution in [0, 0.1) is 0 Å². The number of rotatable bonds is 39. The molecule has 1 rings (SSSR count). The molecule has 0 saturated heterocycles. The van der Waals surface area contributed by atoms with E-state index in [0.717, 1.165) is 109 Å². The van der Waals surface area contributed by atoms with E-state index in [1.807, 2.05) is 0 Å². The van der Waals surface area contributed by atoms with Gasteiger partial charge in [0.25, 0.3) is 0 Å². The summed E-state index contributed by atoms with van der Waals surface area (Å²) in [6.07, 6.45) is 45.9. The molecule has 13 heteroatoms. The first-order valence-electron chi connectivity index (χ1n) is 24.2. The second-order valence-electron chi connectivity index (χ2n) is 16.2. The van der Waals surface area contributed by atoms with Crippen molar-refractivity contribution in [1.29, 1.82) is 0 Å². The quantitative estimate of drug-likeness (QED) is 0.0148. The molecule has 0 radical (unpaired) electrons. The fourth-order valence-electron chi connectivity index (χ4n) is 6.53. The number of allylic oxidation sites excluding steroid dienone is 18. The van der Waals surface area contributed by atoms with Crippen molar-refractivity contribution in [2.75, 3.05) is 19.8 Å². The third kappa shape index (κ3) is 33.2. The van der Waals surface area contributed by atoms with Gasteiger partial charge in [-0.1, -0.05) is 155 Å². The molecule has 6 N–H and O–H groups in total. The highest BCUT2D eigenvalue weighted by Crippen LogP contribution is 2.47. The van der Waals surface area contributed by atoms with Gasteiger partial charge in [0.15, 0.2) is 0 Å². The first-order chi connectivity index (χ1) is 31.5. The molecule has 0 aliphatic heterocycles. The van der Waals surface area contributed by atoms with Crippen LogP contribution >= 0.6 is 7.82 Å². The van der Waals surface area contributed by atoms with Crippen LogP contribution in [0.2, 0.25) is 0 Å². The van der Waals surface area contributed by atoms with Gasteiger partial charge in [0, 0.05) is 13.0 Å². The van der Waals surface area contributed by atoms with Gasteiger partial charge in [-0.3, -0.25) is 13.8 Å². The van der Waals surface area contributed by atoms with Crippen LogP contribution in [0.3, 0.4) is 0 Å². The molecule has 0 aromatic rings. The van der Waals surface area contributed by atoms with Crippen molar-refractivity contribution in [2.24, 2.45) is 0 Å². The number of phosphoric ester groups is 1. The lowest BCUT2D eigenvalue weighted by molar-refractivity contribution is -0.220. The largest absolute Gasteiger partial charge is 0.472 e. The van der Waals surface area contributed by atoms with Gasteiger partial charge >= 0.3 is 13.8 Å². The monoisotopic (exact) mass is 933 g/mol. The van der Waals surface area contributed by atoms with Crippen molar-refractivity contribution in [3.8, 4) is 0 Å². The standard InChI is InChI=1S/C52H85O12P/c1-3-5-7-9-11-13-15-17-19-20-21-22-23-24-25-26-27-28-30-32-34-36-38-40-42-61-43-45(44-62-65(59,60)64-52-50(57)48(55)47(54)49(56)51(52)58)63-46(53)41-39-37-35-33-31-29-18-16-14-12-10-8-6-4-2/h5,7,10-13,16-19,21-22,24-25,27-28,32,34,45,47-52,54-58H,3-4,6,8-9,14-15,20,23,26,29-31,33,35-44H2,1-2H3,(H,59,60)/b7-5-,12-10-,13-11-,18-16-,19-17-,22-21-,25-24-,28-27-,34-32-. The predicted octanol–water partition coefficient (Wildman–Crippen LogP) is 10.5. The molecule has 0 aromatic carbocycles. The summed E-state index contributed by atoms with van der Waals surface area (Å²) in [7, 11) is -5.04. The Hall–Kier alpha value is -3.00.